The SMILES string of the molecule is CSCCOCn1nc(C)c(-c2c(N)cc(NC(=O)[C@@H](NC(=O)OC(C)(C)C)C(C3CC3)C3CC3)nc2F)c1C. The number of thioether (sulfide) groups is 1. The number of hydrogen-bond acceptors (Lipinski definition) is 8. The lowest BCUT2D eigenvalue weighted by Gasteiger charge is -2.29. The zero-order valence-corrected chi connectivity index (χ0v) is 25.0. The highest BCUT2D eigenvalue weighted by atomic mass is 32.2. The van der Waals surface area contributed by atoms with E-state index in [4.69, 9.17) is 15.2 Å². The molecule has 4 N–H and O–H groups in total. The molecule has 220 valence electrons. The zero-order chi connectivity index (χ0) is 29.2. The number of hydrogen-bond donors (Lipinski definition) is 3. The number of aryl methyl sites for hydroxylation is 1. The second-order valence-corrected chi connectivity index (χ2v) is 12.7. The molecule has 0 radical (unpaired) electrons. The number of halogens is 1. The number of aromatic nitrogens is 3. The van der Waals surface area contributed by atoms with Crippen LogP contribution in [0.3, 0.4) is 0 Å². The highest BCUT2D eigenvalue weighted by molar-refractivity contribution is 7.98. The van der Waals surface area contributed by atoms with E-state index in [9.17, 15) is 9.59 Å². The summed E-state index contributed by atoms with van der Waals surface area (Å²) in [4.78, 5) is 30.2. The van der Waals surface area contributed by atoms with Crippen molar-refractivity contribution in [3.63, 3.8) is 0 Å². The second-order valence-electron chi connectivity index (χ2n) is 11.7. The van der Waals surface area contributed by atoms with Crippen LogP contribution in [0.15, 0.2) is 6.07 Å². The molecule has 40 heavy (non-hydrogen) atoms. The van der Waals surface area contributed by atoms with Gasteiger partial charge in [0.05, 0.1) is 17.9 Å². The first-order valence-corrected chi connectivity index (χ1v) is 15.2. The van der Waals surface area contributed by atoms with E-state index >= 15 is 4.39 Å². The Morgan fingerprint density at radius 1 is 1.20 bits per heavy atom. The first kappa shape index (κ1) is 30.1. The number of ether oxygens (including phenoxy) is 2. The van der Waals surface area contributed by atoms with E-state index in [0.717, 1.165) is 31.4 Å². The molecule has 2 amide bonds. The van der Waals surface area contributed by atoms with E-state index in [1.165, 1.54) is 6.07 Å². The lowest BCUT2D eigenvalue weighted by atomic mass is 9.89. The van der Waals surface area contributed by atoms with E-state index in [2.05, 4.69) is 20.7 Å². The number of carbonyl (C=O) groups is 2. The van der Waals surface area contributed by atoms with Crippen LogP contribution in [0.4, 0.5) is 20.7 Å². The second kappa shape index (κ2) is 12.3. The largest absolute Gasteiger partial charge is 0.444 e. The average Bonchev–Trinajstić information content (AvgIpc) is 3.77. The first-order chi connectivity index (χ1) is 18.9. The Labute approximate surface area is 239 Å². The van der Waals surface area contributed by atoms with Gasteiger partial charge in [-0.25, -0.2) is 14.5 Å². The summed E-state index contributed by atoms with van der Waals surface area (Å²) in [6, 6.07) is 0.615. The van der Waals surface area contributed by atoms with Crippen molar-refractivity contribution in [2.45, 2.75) is 78.7 Å². The van der Waals surface area contributed by atoms with Crippen molar-refractivity contribution < 1.29 is 23.5 Å². The molecule has 2 fully saturated rings. The monoisotopic (exact) mass is 576 g/mol. The lowest BCUT2D eigenvalue weighted by Crippen LogP contribution is -2.51. The van der Waals surface area contributed by atoms with Crippen molar-refractivity contribution in [3.05, 3.63) is 23.4 Å². The molecule has 2 saturated carbocycles. The summed E-state index contributed by atoms with van der Waals surface area (Å²) in [7, 11) is 0. The molecule has 0 unspecified atom stereocenters. The molecule has 2 aromatic rings. The normalized spacial score (nSPS) is 16.2. The van der Waals surface area contributed by atoms with Gasteiger partial charge in [-0.15, -0.1) is 0 Å². The molecule has 12 heteroatoms. The summed E-state index contributed by atoms with van der Waals surface area (Å²) in [5.74, 6) is 0.279. The van der Waals surface area contributed by atoms with Gasteiger partial charge in [-0.05, 0) is 84.3 Å². The fourth-order valence-electron chi connectivity index (χ4n) is 5.19. The van der Waals surface area contributed by atoms with Gasteiger partial charge < -0.3 is 25.8 Å². The van der Waals surface area contributed by atoms with Crippen LogP contribution >= 0.6 is 11.8 Å². The molecule has 2 aliphatic carbocycles. The Balaban J connectivity index is 1.55. The molecule has 10 nitrogen and oxygen atoms in total. The third kappa shape index (κ3) is 7.45. The molecule has 0 aliphatic heterocycles. The maximum absolute atomic E-state index is 15.5. The Kier molecular flexibility index (Phi) is 9.29. The Hall–Kier alpha value is -2.86. The summed E-state index contributed by atoms with van der Waals surface area (Å²) < 4.78 is 28.3. The van der Waals surface area contributed by atoms with Gasteiger partial charge in [0.1, 0.15) is 24.2 Å². The van der Waals surface area contributed by atoms with E-state index in [0.29, 0.717) is 35.4 Å². The molecule has 0 saturated heterocycles. The number of nitrogen functional groups attached to an aromatic ring is 1. The Morgan fingerprint density at radius 3 is 2.40 bits per heavy atom. The fraction of sp³-hybridized carbons (Fsp3) is 0.643. The number of anilines is 2. The number of rotatable bonds is 12. The van der Waals surface area contributed by atoms with Crippen molar-refractivity contribution in [1.82, 2.24) is 20.1 Å². The predicted octanol–water partition coefficient (Wildman–Crippen LogP) is 4.89. The summed E-state index contributed by atoms with van der Waals surface area (Å²) in [5, 5.41) is 9.99. The molecular weight excluding hydrogens is 535 g/mol. The van der Waals surface area contributed by atoms with Crippen molar-refractivity contribution in [2.75, 3.05) is 29.7 Å². The molecule has 0 spiro atoms. The zero-order valence-electron chi connectivity index (χ0n) is 24.2. The van der Waals surface area contributed by atoms with Crippen LogP contribution in [0.25, 0.3) is 11.1 Å². The smallest absolute Gasteiger partial charge is 0.408 e. The van der Waals surface area contributed by atoms with Crippen molar-refractivity contribution in [3.8, 4) is 11.1 Å². The van der Waals surface area contributed by atoms with Gasteiger partial charge in [-0.1, -0.05) is 0 Å². The predicted molar refractivity (Wildman–Crippen MR) is 154 cm³/mol. The number of nitrogens with zero attached hydrogens (tertiary/aromatic N) is 3. The third-order valence-corrected chi connectivity index (χ3v) is 7.78. The van der Waals surface area contributed by atoms with Gasteiger partial charge in [0.25, 0.3) is 0 Å². The van der Waals surface area contributed by atoms with Crippen LogP contribution in [0.5, 0.6) is 0 Å². The highest BCUT2D eigenvalue weighted by Gasteiger charge is 2.48. The fourth-order valence-corrected chi connectivity index (χ4v) is 5.47. The van der Waals surface area contributed by atoms with Crippen LogP contribution in [-0.2, 0) is 21.0 Å². The molecule has 0 bridgehead atoms. The molecule has 2 aromatic heterocycles. The summed E-state index contributed by atoms with van der Waals surface area (Å²) in [5.41, 5.74) is 7.70. The molecule has 2 aliphatic rings. The lowest BCUT2D eigenvalue weighted by molar-refractivity contribution is -0.120. The highest BCUT2D eigenvalue weighted by Crippen LogP contribution is 2.51. The summed E-state index contributed by atoms with van der Waals surface area (Å²) >= 11 is 1.69. The summed E-state index contributed by atoms with van der Waals surface area (Å²) in [6.07, 6.45) is 5.42. The van der Waals surface area contributed by atoms with Crippen LogP contribution < -0.4 is 16.4 Å². The standard InChI is InChI=1S/C28H41FN6O4S/c1-15-21(16(2)35(34-15)14-38-11-12-40-6)23-19(30)13-20(31-25(23)29)32-26(36)24(33-27(37)39-28(3,4)5)22(17-7-8-17)18-9-10-18/h13,17-18,22,24H,7-12,14H2,1-6H3,(H,33,37)(H3,30,31,32,36)/t24-/m0/s1. The van der Waals surface area contributed by atoms with Gasteiger partial charge in [0, 0.05) is 28.8 Å². The van der Waals surface area contributed by atoms with Crippen molar-refractivity contribution >= 4 is 35.3 Å². The quantitative estimate of drug-likeness (QED) is 0.240. The Morgan fingerprint density at radius 2 is 1.85 bits per heavy atom. The molecule has 1 atom stereocenters. The first-order valence-electron chi connectivity index (χ1n) is 13.8. The van der Waals surface area contributed by atoms with E-state index in [1.54, 1.807) is 44.1 Å². The number of nitrogens with two attached hydrogens (primary N) is 1. The number of nitrogens with one attached hydrogen (secondary N) is 2. The molecular formula is C28H41FN6O4S. The van der Waals surface area contributed by atoms with Crippen molar-refractivity contribution in [2.24, 2.45) is 17.8 Å². The minimum Gasteiger partial charge on any atom is -0.444 e. The molecule has 4 rings (SSSR count). The van der Waals surface area contributed by atoms with Gasteiger partial charge in [-0.2, -0.15) is 21.3 Å². The minimum atomic E-state index is -0.825. The number of pyridine rings is 1. The Bertz CT molecular complexity index is 1200. The maximum Gasteiger partial charge on any atom is 0.408 e. The topological polar surface area (TPSA) is 133 Å². The van der Waals surface area contributed by atoms with E-state index < -0.39 is 29.6 Å². The maximum atomic E-state index is 15.5. The number of carbonyl (C=O) groups excluding carboxylic acids is 2. The van der Waals surface area contributed by atoms with Gasteiger partial charge in [-0.3, -0.25) is 4.79 Å². The third-order valence-electron chi connectivity index (χ3n) is 7.21. The van der Waals surface area contributed by atoms with Crippen LogP contribution in [0.1, 0.15) is 57.8 Å². The van der Waals surface area contributed by atoms with Crippen molar-refractivity contribution in [1.29, 1.82) is 0 Å². The number of amides is 2. The van der Waals surface area contributed by atoms with Crippen LogP contribution in [0.2, 0.25) is 0 Å². The molecule has 2 heterocycles. The van der Waals surface area contributed by atoms with E-state index in [-0.39, 0.29) is 29.7 Å². The van der Waals surface area contributed by atoms with Gasteiger partial charge >= 0.3 is 6.09 Å². The van der Waals surface area contributed by atoms with E-state index in [1.807, 2.05) is 13.2 Å². The summed E-state index contributed by atoms with van der Waals surface area (Å²) in [6.45, 7) is 9.72. The van der Waals surface area contributed by atoms with Crippen LogP contribution in [-0.4, -0.2) is 57.0 Å². The van der Waals surface area contributed by atoms with Crippen LogP contribution in [0, 0.1) is 37.5 Å². The molecule has 0 aromatic carbocycles. The average molecular weight is 577 g/mol. The number of alkyl carbamates (subject to hydrolysis) is 1. The van der Waals surface area contributed by atoms with Gasteiger partial charge in [0.15, 0.2) is 0 Å². The minimum absolute atomic E-state index is 0.0109. The van der Waals surface area contributed by atoms with Gasteiger partial charge in [0.2, 0.25) is 11.9 Å².